The van der Waals surface area contributed by atoms with Gasteiger partial charge in [0.05, 0.1) is 0 Å². The van der Waals surface area contributed by atoms with Gasteiger partial charge in [-0.15, -0.1) is 11.3 Å². The van der Waals surface area contributed by atoms with Gasteiger partial charge in [-0.3, -0.25) is 4.79 Å². The van der Waals surface area contributed by atoms with E-state index in [0.717, 1.165) is 37.2 Å². The zero-order valence-electron chi connectivity index (χ0n) is 14.0. The Kier molecular flexibility index (Phi) is 6.22. The van der Waals surface area contributed by atoms with E-state index in [2.05, 4.69) is 4.72 Å². The smallest absolute Gasteiger partial charge is 0.250 e. The molecule has 1 fully saturated rings. The number of sulfonamides is 1. The first-order valence-corrected chi connectivity index (χ1v) is 10.5. The SMILES string of the molecule is Cc1ccc(S(=O)(=O)N[C@@H](CC(C)C)C(=O)N2CCCCC2)s1. The highest BCUT2D eigenvalue weighted by molar-refractivity contribution is 7.91. The van der Waals surface area contributed by atoms with Crippen LogP contribution in [0, 0.1) is 12.8 Å². The summed E-state index contributed by atoms with van der Waals surface area (Å²) in [6, 6.07) is 2.70. The lowest BCUT2D eigenvalue weighted by Gasteiger charge is -2.31. The van der Waals surface area contributed by atoms with Gasteiger partial charge in [0, 0.05) is 18.0 Å². The molecule has 0 aliphatic carbocycles. The van der Waals surface area contributed by atoms with Crippen molar-refractivity contribution >= 4 is 27.3 Å². The highest BCUT2D eigenvalue weighted by Crippen LogP contribution is 2.22. The van der Waals surface area contributed by atoms with Crippen LogP contribution in [0.4, 0.5) is 0 Å². The number of carbonyl (C=O) groups excluding carboxylic acids is 1. The third-order valence-electron chi connectivity index (χ3n) is 3.95. The average Bonchev–Trinajstić information content (AvgIpc) is 2.93. The van der Waals surface area contributed by atoms with Crippen LogP contribution in [0.2, 0.25) is 0 Å². The van der Waals surface area contributed by atoms with Crippen molar-refractivity contribution in [1.82, 2.24) is 9.62 Å². The number of rotatable bonds is 6. The van der Waals surface area contributed by atoms with Gasteiger partial charge in [-0.05, 0) is 50.7 Å². The number of carbonyl (C=O) groups is 1. The summed E-state index contributed by atoms with van der Waals surface area (Å²) in [6.45, 7) is 7.33. The fourth-order valence-electron chi connectivity index (χ4n) is 2.81. The number of piperidine rings is 1. The summed E-state index contributed by atoms with van der Waals surface area (Å²) in [5.74, 6) is 0.150. The van der Waals surface area contributed by atoms with Crippen molar-refractivity contribution in [3.63, 3.8) is 0 Å². The Hall–Kier alpha value is -0.920. The van der Waals surface area contributed by atoms with Crippen molar-refractivity contribution in [2.45, 2.75) is 56.7 Å². The van der Waals surface area contributed by atoms with Crippen LogP contribution >= 0.6 is 11.3 Å². The number of likely N-dealkylation sites (tertiary alicyclic amines) is 1. The minimum atomic E-state index is -3.65. The fourth-order valence-corrected chi connectivity index (χ4v) is 5.31. The van der Waals surface area contributed by atoms with Gasteiger partial charge in [-0.2, -0.15) is 4.72 Å². The molecule has 0 saturated carbocycles. The minimum Gasteiger partial charge on any atom is -0.341 e. The molecule has 0 spiro atoms. The first-order valence-electron chi connectivity index (χ1n) is 8.17. The third kappa shape index (κ3) is 5.02. The van der Waals surface area contributed by atoms with Gasteiger partial charge in [-0.25, -0.2) is 8.42 Å². The van der Waals surface area contributed by atoms with Crippen LogP contribution in [-0.2, 0) is 14.8 Å². The summed E-state index contributed by atoms with van der Waals surface area (Å²) in [5.41, 5.74) is 0. The normalized spacial score (nSPS) is 17.5. The van der Waals surface area contributed by atoms with Gasteiger partial charge in [0.2, 0.25) is 5.91 Å². The van der Waals surface area contributed by atoms with Gasteiger partial charge < -0.3 is 4.90 Å². The number of nitrogens with zero attached hydrogens (tertiary/aromatic N) is 1. The van der Waals surface area contributed by atoms with Gasteiger partial charge >= 0.3 is 0 Å². The number of amides is 1. The van der Waals surface area contributed by atoms with Crippen molar-refractivity contribution in [3.8, 4) is 0 Å². The molecule has 1 atom stereocenters. The Labute approximate surface area is 143 Å². The summed E-state index contributed by atoms with van der Waals surface area (Å²) < 4.78 is 28.0. The van der Waals surface area contributed by atoms with Crippen molar-refractivity contribution in [3.05, 3.63) is 17.0 Å². The van der Waals surface area contributed by atoms with Gasteiger partial charge in [0.15, 0.2) is 0 Å². The standard InChI is InChI=1S/C16H26N2O3S2/c1-12(2)11-14(16(19)18-9-5-4-6-10-18)17-23(20,21)15-8-7-13(3)22-15/h7-8,12,14,17H,4-6,9-11H2,1-3H3/t14-/m0/s1. The molecule has 0 bridgehead atoms. The van der Waals surface area contributed by atoms with Crippen LogP contribution in [0.5, 0.6) is 0 Å². The molecule has 7 heteroatoms. The summed E-state index contributed by atoms with van der Waals surface area (Å²) in [6.07, 6.45) is 3.64. The molecule has 1 saturated heterocycles. The van der Waals surface area contributed by atoms with Gasteiger partial charge in [0.25, 0.3) is 10.0 Å². The van der Waals surface area contributed by atoms with E-state index in [9.17, 15) is 13.2 Å². The fraction of sp³-hybridized carbons (Fsp3) is 0.688. The Bertz CT molecular complexity index is 632. The summed E-state index contributed by atoms with van der Waals surface area (Å²) in [4.78, 5) is 15.5. The maximum atomic E-state index is 12.8. The Balaban J connectivity index is 2.16. The molecular weight excluding hydrogens is 332 g/mol. The van der Waals surface area contributed by atoms with E-state index in [1.807, 2.05) is 20.8 Å². The first-order chi connectivity index (χ1) is 10.8. The largest absolute Gasteiger partial charge is 0.341 e. The zero-order chi connectivity index (χ0) is 17.0. The minimum absolute atomic E-state index is 0.0877. The highest BCUT2D eigenvalue weighted by Gasteiger charge is 2.30. The Morgan fingerprint density at radius 1 is 1.26 bits per heavy atom. The maximum absolute atomic E-state index is 12.8. The van der Waals surface area contributed by atoms with Crippen LogP contribution in [0.25, 0.3) is 0 Å². The second-order valence-electron chi connectivity index (χ2n) is 6.55. The van der Waals surface area contributed by atoms with E-state index in [1.165, 1.54) is 11.3 Å². The average molecular weight is 359 g/mol. The zero-order valence-corrected chi connectivity index (χ0v) is 15.7. The molecule has 2 rings (SSSR count). The molecule has 1 aromatic heterocycles. The second-order valence-corrected chi connectivity index (χ2v) is 9.78. The quantitative estimate of drug-likeness (QED) is 0.850. The molecule has 5 nitrogen and oxygen atoms in total. The van der Waals surface area contributed by atoms with Crippen LogP contribution in [0.1, 0.15) is 44.4 Å². The summed E-state index contributed by atoms with van der Waals surface area (Å²) in [5, 5.41) is 0. The van der Waals surface area contributed by atoms with E-state index in [1.54, 1.807) is 17.0 Å². The molecule has 130 valence electrons. The topological polar surface area (TPSA) is 66.5 Å². The van der Waals surface area contributed by atoms with Gasteiger partial charge in [-0.1, -0.05) is 13.8 Å². The second kappa shape index (κ2) is 7.77. The van der Waals surface area contributed by atoms with Crippen molar-refractivity contribution in [1.29, 1.82) is 0 Å². The predicted octanol–water partition coefficient (Wildman–Crippen LogP) is 2.76. The number of hydrogen-bond acceptors (Lipinski definition) is 4. The molecule has 23 heavy (non-hydrogen) atoms. The van der Waals surface area contributed by atoms with E-state index >= 15 is 0 Å². The summed E-state index contributed by atoms with van der Waals surface area (Å²) >= 11 is 1.23. The number of aryl methyl sites for hydroxylation is 1. The number of thiophene rings is 1. The molecule has 1 aliphatic rings. The van der Waals surface area contributed by atoms with E-state index in [0.29, 0.717) is 6.42 Å². The lowest BCUT2D eigenvalue weighted by atomic mass is 10.0. The van der Waals surface area contributed by atoms with Gasteiger partial charge in [0.1, 0.15) is 10.3 Å². The number of nitrogens with one attached hydrogen (secondary N) is 1. The maximum Gasteiger partial charge on any atom is 0.250 e. The van der Waals surface area contributed by atoms with E-state index < -0.39 is 16.1 Å². The van der Waals surface area contributed by atoms with E-state index in [4.69, 9.17) is 0 Å². The molecule has 1 aromatic rings. The molecule has 2 heterocycles. The van der Waals surface area contributed by atoms with Crippen molar-refractivity contribution in [2.75, 3.05) is 13.1 Å². The first kappa shape index (κ1) is 18.4. The molecule has 1 amide bonds. The third-order valence-corrected chi connectivity index (χ3v) is 6.92. The molecular formula is C16H26N2O3S2. The summed E-state index contributed by atoms with van der Waals surface area (Å²) in [7, 11) is -3.65. The van der Waals surface area contributed by atoms with Crippen LogP contribution in [-0.4, -0.2) is 38.4 Å². The van der Waals surface area contributed by atoms with E-state index in [-0.39, 0.29) is 16.0 Å². The van der Waals surface area contributed by atoms with Crippen molar-refractivity contribution in [2.24, 2.45) is 5.92 Å². The Morgan fingerprint density at radius 3 is 2.43 bits per heavy atom. The van der Waals surface area contributed by atoms with Crippen LogP contribution < -0.4 is 4.72 Å². The Morgan fingerprint density at radius 2 is 1.91 bits per heavy atom. The predicted molar refractivity (Wildman–Crippen MR) is 93.1 cm³/mol. The number of hydrogen-bond donors (Lipinski definition) is 1. The molecule has 0 aromatic carbocycles. The highest BCUT2D eigenvalue weighted by atomic mass is 32.2. The van der Waals surface area contributed by atoms with Crippen LogP contribution in [0.3, 0.4) is 0 Å². The molecule has 0 radical (unpaired) electrons. The van der Waals surface area contributed by atoms with Crippen LogP contribution in [0.15, 0.2) is 16.3 Å². The molecule has 1 N–H and O–H groups in total. The van der Waals surface area contributed by atoms with Crippen molar-refractivity contribution < 1.29 is 13.2 Å². The molecule has 1 aliphatic heterocycles. The molecule has 0 unspecified atom stereocenters. The monoisotopic (exact) mass is 358 g/mol. The lowest BCUT2D eigenvalue weighted by molar-refractivity contribution is -0.134. The lowest BCUT2D eigenvalue weighted by Crippen LogP contribution is -2.50.